The van der Waals surface area contributed by atoms with Crippen LogP contribution in [0.4, 0.5) is 0 Å². The highest BCUT2D eigenvalue weighted by molar-refractivity contribution is 7.80. The summed E-state index contributed by atoms with van der Waals surface area (Å²) >= 11 is 4.08. The van der Waals surface area contributed by atoms with Crippen LogP contribution in [-0.4, -0.2) is 5.91 Å². The van der Waals surface area contributed by atoms with Crippen molar-refractivity contribution < 1.29 is 4.79 Å². The maximum absolute atomic E-state index is 10.7. The van der Waals surface area contributed by atoms with Crippen molar-refractivity contribution in [2.45, 2.75) is 11.8 Å². The molecule has 0 atom stereocenters. The normalized spacial score (nSPS) is 9.64. The van der Waals surface area contributed by atoms with Gasteiger partial charge in [0.2, 0.25) is 5.91 Å². The summed E-state index contributed by atoms with van der Waals surface area (Å²) in [5, 5.41) is 0. The van der Waals surface area contributed by atoms with Gasteiger partial charge in [-0.15, -0.1) is 12.6 Å². The zero-order chi connectivity index (χ0) is 8.43. The summed E-state index contributed by atoms with van der Waals surface area (Å²) in [6.45, 7) is 1.90. The molecule has 58 valence electrons. The topological polar surface area (TPSA) is 43.1 Å². The van der Waals surface area contributed by atoms with E-state index in [9.17, 15) is 4.79 Å². The van der Waals surface area contributed by atoms with E-state index in [-0.39, 0.29) is 0 Å². The third-order valence-electron chi connectivity index (χ3n) is 1.42. The Hall–Kier alpha value is -0.960. The van der Waals surface area contributed by atoms with Crippen LogP contribution >= 0.6 is 12.6 Å². The number of carbonyl (C=O) groups excluding carboxylic acids is 1. The Kier molecular flexibility index (Phi) is 2.19. The van der Waals surface area contributed by atoms with Gasteiger partial charge in [0.15, 0.2) is 0 Å². The Morgan fingerprint density at radius 1 is 1.55 bits per heavy atom. The second-order valence-electron chi connectivity index (χ2n) is 2.38. The van der Waals surface area contributed by atoms with Crippen molar-refractivity contribution in [3.05, 3.63) is 29.3 Å². The van der Waals surface area contributed by atoms with Gasteiger partial charge in [-0.3, -0.25) is 4.79 Å². The van der Waals surface area contributed by atoms with Crippen molar-refractivity contribution in [3.63, 3.8) is 0 Å². The van der Waals surface area contributed by atoms with E-state index in [2.05, 4.69) is 12.6 Å². The van der Waals surface area contributed by atoms with Crippen LogP contribution in [0.25, 0.3) is 0 Å². The number of amides is 1. The third kappa shape index (κ3) is 1.74. The van der Waals surface area contributed by atoms with Gasteiger partial charge in [0.1, 0.15) is 0 Å². The largest absolute Gasteiger partial charge is 0.366 e. The average Bonchev–Trinajstić information content (AvgIpc) is 1.94. The number of hydrogen-bond acceptors (Lipinski definition) is 2. The number of hydrogen-bond donors (Lipinski definition) is 2. The lowest BCUT2D eigenvalue weighted by atomic mass is 10.1. The standard InChI is InChI=1S/C8H9NOS/c1-5-2-3-7(11)6(4-5)8(9)10/h2-4,11H,1H3,(H2,9,10). The number of primary amides is 1. The fourth-order valence-electron chi connectivity index (χ4n) is 0.847. The summed E-state index contributed by atoms with van der Waals surface area (Å²) in [6, 6.07) is 5.37. The second kappa shape index (κ2) is 2.96. The number of nitrogens with two attached hydrogens (primary N) is 1. The minimum Gasteiger partial charge on any atom is -0.366 e. The Morgan fingerprint density at radius 2 is 2.18 bits per heavy atom. The van der Waals surface area contributed by atoms with Gasteiger partial charge in [-0.1, -0.05) is 11.6 Å². The quantitative estimate of drug-likeness (QED) is 0.610. The van der Waals surface area contributed by atoms with E-state index in [1.807, 2.05) is 13.0 Å². The number of thiol groups is 1. The molecule has 0 aliphatic carbocycles. The summed E-state index contributed by atoms with van der Waals surface area (Å²) in [6.07, 6.45) is 0. The summed E-state index contributed by atoms with van der Waals surface area (Å²) in [5.74, 6) is -0.432. The number of benzene rings is 1. The van der Waals surface area contributed by atoms with Gasteiger partial charge in [0, 0.05) is 4.90 Å². The number of rotatable bonds is 1. The first kappa shape index (κ1) is 8.14. The molecule has 0 radical (unpaired) electrons. The van der Waals surface area contributed by atoms with Gasteiger partial charge >= 0.3 is 0 Å². The molecule has 0 bridgehead atoms. The molecule has 0 spiro atoms. The fourth-order valence-corrected chi connectivity index (χ4v) is 1.10. The third-order valence-corrected chi connectivity index (χ3v) is 1.81. The molecule has 0 unspecified atom stereocenters. The summed E-state index contributed by atoms with van der Waals surface area (Å²) < 4.78 is 0. The van der Waals surface area contributed by atoms with E-state index in [1.54, 1.807) is 12.1 Å². The lowest BCUT2D eigenvalue weighted by Gasteiger charge is -2.00. The number of carbonyl (C=O) groups is 1. The lowest BCUT2D eigenvalue weighted by Crippen LogP contribution is -2.11. The van der Waals surface area contributed by atoms with Crippen molar-refractivity contribution in [3.8, 4) is 0 Å². The molecule has 1 rings (SSSR count). The highest BCUT2D eigenvalue weighted by Crippen LogP contribution is 2.14. The molecule has 1 aromatic carbocycles. The van der Waals surface area contributed by atoms with E-state index in [1.165, 1.54) is 0 Å². The van der Waals surface area contributed by atoms with Crippen LogP contribution in [0.3, 0.4) is 0 Å². The highest BCUT2D eigenvalue weighted by atomic mass is 32.1. The van der Waals surface area contributed by atoms with Gasteiger partial charge in [-0.2, -0.15) is 0 Å². The molecule has 0 aliphatic heterocycles. The Labute approximate surface area is 70.8 Å². The smallest absolute Gasteiger partial charge is 0.249 e. The van der Waals surface area contributed by atoms with Crippen molar-refractivity contribution in [1.29, 1.82) is 0 Å². The summed E-state index contributed by atoms with van der Waals surface area (Å²) in [5.41, 5.74) is 6.59. The minimum atomic E-state index is -0.432. The van der Waals surface area contributed by atoms with Gasteiger partial charge in [0.05, 0.1) is 5.56 Å². The van der Waals surface area contributed by atoms with E-state index in [4.69, 9.17) is 5.73 Å². The van der Waals surface area contributed by atoms with Gasteiger partial charge < -0.3 is 5.73 Å². The molecular formula is C8H9NOS. The molecule has 1 amide bonds. The molecule has 11 heavy (non-hydrogen) atoms. The molecule has 0 saturated carbocycles. The molecule has 0 heterocycles. The molecule has 3 heteroatoms. The first-order valence-corrected chi connectivity index (χ1v) is 3.65. The monoisotopic (exact) mass is 167 g/mol. The summed E-state index contributed by atoms with van der Waals surface area (Å²) in [7, 11) is 0. The average molecular weight is 167 g/mol. The molecule has 0 fully saturated rings. The predicted octanol–water partition coefficient (Wildman–Crippen LogP) is 1.38. The zero-order valence-corrected chi connectivity index (χ0v) is 7.06. The maximum atomic E-state index is 10.7. The van der Waals surface area contributed by atoms with Crippen LogP contribution in [0.15, 0.2) is 23.1 Å². The van der Waals surface area contributed by atoms with Crippen LogP contribution in [0.1, 0.15) is 15.9 Å². The predicted molar refractivity (Wildman–Crippen MR) is 46.9 cm³/mol. The van der Waals surface area contributed by atoms with Gasteiger partial charge in [0.25, 0.3) is 0 Å². The first-order chi connectivity index (χ1) is 5.11. The molecule has 1 aromatic rings. The SMILES string of the molecule is Cc1ccc(S)c(C(N)=O)c1. The second-order valence-corrected chi connectivity index (χ2v) is 2.87. The molecule has 0 aliphatic rings. The van der Waals surface area contributed by atoms with E-state index in [0.717, 1.165) is 5.56 Å². The van der Waals surface area contributed by atoms with Crippen molar-refractivity contribution >= 4 is 18.5 Å². The van der Waals surface area contributed by atoms with Gasteiger partial charge in [-0.25, -0.2) is 0 Å². The molecule has 2 N–H and O–H groups in total. The van der Waals surface area contributed by atoms with Crippen LogP contribution in [0.5, 0.6) is 0 Å². The van der Waals surface area contributed by atoms with E-state index < -0.39 is 5.91 Å². The minimum absolute atomic E-state index is 0.432. The lowest BCUT2D eigenvalue weighted by molar-refractivity contribution is 0.0997. The summed E-state index contributed by atoms with van der Waals surface area (Å²) in [4.78, 5) is 11.4. The van der Waals surface area contributed by atoms with E-state index in [0.29, 0.717) is 10.5 Å². The van der Waals surface area contributed by atoms with Crippen LogP contribution in [0.2, 0.25) is 0 Å². The number of aryl methyl sites for hydroxylation is 1. The van der Waals surface area contributed by atoms with Crippen molar-refractivity contribution in [2.24, 2.45) is 5.73 Å². The van der Waals surface area contributed by atoms with Crippen molar-refractivity contribution in [1.82, 2.24) is 0 Å². The molecule has 2 nitrogen and oxygen atoms in total. The Bertz CT molecular complexity index is 296. The fraction of sp³-hybridized carbons (Fsp3) is 0.125. The zero-order valence-electron chi connectivity index (χ0n) is 6.16. The molecule has 0 saturated heterocycles. The maximum Gasteiger partial charge on any atom is 0.249 e. The van der Waals surface area contributed by atoms with E-state index >= 15 is 0 Å². The Balaban J connectivity index is 3.23. The highest BCUT2D eigenvalue weighted by Gasteiger charge is 2.03. The van der Waals surface area contributed by atoms with Crippen LogP contribution in [0, 0.1) is 6.92 Å². The molecule has 0 aromatic heterocycles. The van der Waals surface area contributed by atoms with Crippen molar-refractivity contribution in [2.75, 3.05) is 0 Å². The first-order valence-electron chi connectivity index (χ1n) is 3.20. The van der Waals surface area contributed by atoms with Crippen LogP contribution < -0.4 is 5.73 Å². The molecular weight excluding hydrogens is 158 g/mol. The van der Waals surface area contributed by atoms with Crippen LogP contribution in [-0.2, 0) is 0 Å². The Morgan fingerprint density at radius 3 is 2.64 bits per heavy atom. The van der Waals surface area contributed by atoms with Gasteiger partial charge in [-0.05, 0) is 19.1 Å².